The zero-order valence-electron chi connectivity index (χ0n) is 8.84. The molecule has 0 aliphatic carbocycles. The van der Waals surface area contributed by atoms with Crippen molar-refractivity contribution in [1.82, 2.24) is 15.1 Å². The fraction of sp³-hybridized carbons (Fsp3) is 0.0909. The Bertz CT molecular complexity index is 504. The molecule has 3 N–H and O–H groups in total. The monoisotopic (exact) mass is 216 g/mol. The molecule has 16 heavy (non-hydrogen) atoms. The number of anilines is 1. The quantitative estimate of drug-likeness (QED) is 0.780. The number of hydrogen-bond acceptors (Lipinski definition) is 3. The summed E-state index contributed by atoms with van der Waals surface area (Å²) in [6.45, 7) is 0. The minimum atomic E-state index is -0.285. The lowest BCUT2D eigenvalue weighted by Crippen LogP contribution is -2.19. The van der Waals surface area contributed by atoms with Crippen LogP contribution in [-0.2, 0) is 0 Å². The second-order valence-corrected chi connectivity index (χ2v) is 3.29. The molecule has 5 nitrogen and oxygen atoms in total. The van der Waals surface area contributed by atoms with Gasteiger partial charge in [-0.2, -0.15) is 5.10 Å². The van der Waals surface area contributed by atoms with Gasteiger partial charge in [-0.05, 0) is 12.1 Å². The van der Waals surface area contributed by atoms with Crippen LogP contribution in [0.2, 0.25) is 0 Å². The van der Waals surface area contributed by atoms with Crippen LogP contribution in [0, 0.1) is 0 Å². The SMILES string of the molecule is CNC(=O)c1nn(-c2ccccc2)cc1N. The number of hydrogen-bond donors (Lipinski definition) is 2. The van der Waals surface area contributed by atoms with Gasteiger partial charge in [-0.25, -0.2) is 4.68 Å². The van der Waals surface area contributed by atoms with Crippen molar-refractivity contribution in [1.29, 1.82) is 0 Å². The van der Waals surface area contributed by atoms with Crippen LogP contribution < -0.4 is 11.1 Å². The largest absolute Gasteiger partial charge is 0.396 e. The topological polar surface area (TPSA) is 72.9 Å². The molecule has 0 radical (unpaired) electrons. The Morgan fingerprint density at radius 1 is 1.38 bits per heavy atom. The van der Waals surface area contributed by atoms with Gasteiger partial charge in [0.25, 0.3) is 5.91 Å². The molecular formula is C11H12N4O. The molecule has 2 aromatic rings. The standard InChI is InChI=1S/C11H12N4O/c1-13-11(16)10-9(12)7-15(14-10)8-5-3-2-4-6-8/h2-7H,12H2,1H3,(H,13,16). The van der Waals surface area contributed by atoms with Crippen molar-refractivity contribution < 1.29 is 4.79 Å². The number of carbonyl (C=O) groups excluding carboxylic acids is 1. The summed E-state index contributed by atoms with van der Waals surface area (Å²) in [5, 5.41) is 6.62. The summed E-state index contributed by atoms with van der Waals surface area (Å²) in [6, 6.07) is 9.48. The molecule has 0 unspecified atom stereocenters. The van der Waals surface area contributed by atoms with E-state index in [1.54, 1.807) is 17.9 Å². The van der Waals surface area contributed by atoms with E-state index in [1.165, 1.54) is 0 Å². The number of nitrogens with one attached hydrogen (secondary N) is 1. The van der Waals surface area contributed by atoms with Crippen molar-refractivity contribution >= 4 is 11.6 Å². The average Bonchev–Trinajstić information content (AvgIpc) is 2.71. The highest BCUT2D eigenvalue weighted by Gasteiger charge is 2.13. The minimum absolute atomic E-state index is 0.242. The van der Waals surface area contributed by atoms with Gasteiger partial charge in [-0.1, -0.05) is 18.2 Å². The van der Waals surface area contributed by atoms with Gasteiger partial charge in [-0.3, -0.25) is 4.79 Å². The van der Waals surface area contributed by atoms with Gasteiger partial charge in [0.1, 0.15) is 0 Å². The number of carbonyl (C=O) groups is 1. The Balaban J connectivity index is 2.42. The maximum Gasteiger partial charge on any atom is 0.273 e. The molecule has 82 valence electrons. The first-order chi connectivity index (χ1) is 7.72. The van der Waals surface area contributed by atoms with Gasteiger partial charge in [0.15, 0.2) is 5.69 Å². The number of nitrogen functional groups attached to an aromatic ring is 1. The van der Waals surface area contributed by atoms with Crippen molar-refractivity contribution in [2.24, 2.45) is 0 Å². The van der Waals surface area contributed by atoms with Crippen LogP contribution in [0.15, 0.2) is 36.5 Å². The normalized spacial score (nSPS) is 10.1. The van der Waals surface area contributed by atoms with Gasteiger partial charge in [-0.15, -0.1) is 0 Å². The van der Waals surface area contributed by atoms with Gasteiger partial charge in [0, 0.05) is 7.05 Å². The number of para-hydroxylation sites is 1. The van der Waals surface area contributed by atoms with Gasteiger partial charge in [0.05, 0.1) is 17.6 Å². The number of benzene rings is 1. The summed E-state index contributed by atoms with van der Waals surface area (Å²) in [5.74, 6) is -0.285. The molecule has 1 aromatic heterocycles. The summed E-state index contributed by atoms with van der Waals surface area (Å²) >= 11 is 0. The summed E-state index contributed by atoms with van der Waals surface area (Å²) < 4.78 is 1.58. The maximum absolute atomic E-state index is 11.4. The molecule has 0 aliphatic rings. The van der Waals surface area contributed by atoms with E-state index in [1.807, 2.05) is 30.3 Å². The zero-order chi connectivity index (χ0) is 11.5. The third-order valence-corrected chi connectivity index (χ3v) is 2.21. The van der Waals surface area contributed by atoms with Crippen molar-refractivity contribution in [3.63, 3.8) is 0 Å². The predicted octanol–water partition coefficient (Wildman–Crippen LogP) is 0.814. The first-order valence-corrected chi connectivity index (χ1v) is 4.85. The van der Waals surface area contributed by atoms with E-state index in [0.717, 1.165) is 5.69 Å². The number of amides is 1. The Morgan fingerprint density at radius 2 is 2.06 bits per heavy atom. The van der Waals surface area contributed by atoms with E-state index < -0.39 is 0 Å². The third-order valence-electron chi connectivity index (χ3n) is 2.21. The first-order valence-electron chi connectivity index (χ1n) is 4.85. The highest BCUT2D eigenvalue weighted by atomic mass is 16.1. The minimum Gasteiger partial charge on any atom is -0.396 e. The summed E-state index contributed by atoms with van der Waals surface area (Å²) in [5.41, 5.74) is 7.18. The van der Waals surface area contributed by atoms with E-state index in [-0.39, 0.29) is 11.6 Å². The Hall–Kier alpha value is -2.30. The Kier molecular flexibility index (Phi) is 2.59. The number of aromatic nitrogens is 2. The van der Waals surface area contributed by atoms with Crippen molar-refractivity contribution in [3.8, 4) is 5.69 Å². The number of nitrogens with two attached hydrogens (primary N) is 1. The first kappa shape index (κ1) is 10.2. The van der Waals surface area contributed by atoms with E-state index in [4.69, 9.17) is 5.73 Å². The second-order valence-electron chi connectivity index (χ2n) is 3.29. The molecule has 2 rings (SSSR count). The Morgan fingerprint density at radius 3 is 2.69 bits per heavy atom. The molecule has 0 atom stereocenters. The summed E-state index contributed by atoms with van der Waals surface area (Å²) in [4.78, 5) is 11.4. The lowest BCUT2D eigenvalue weighted by molar-refractivity contribution is 0.0958. The molecule has 1 amide bonds. The molecule has 0 spiro atoms. The fourth-order valence-corrected chi connectivity index (χ4v) is 1.40. The van der Waals surface area contributed by atoms with Gasteiger partial charge < -0.3 is 11.1 Å². The molecule has 5 heteroatoms. The highest BCUT2D eigenvalue weighted by molar-refractivity contribution is 5.96. The molecule has 0 fully saturated rings. The van der Waals surface area contributed by atoms with Crippen LogP contribution in [0.5, 0.6) is 0 Å². The average molecular weight is 216 g/mol. The van der Waals surface area contributed by atoms with Crippen LogP contribution >= 0.6 is 0 Å². The number of nitrogens with zero attached hydrogens (tertiary/aromatic N) is 2. The van der Waals surface area contributed by atoms with Crippen molar-refractivity contribution in [2.45, 2.75) is 0 Å². The number of rotatable bonds is 2. The van der Waals surface area contributed by atoms with E-state index in [2.05, 4.69) is 10.4 Å². The third kappa shape index (κ3) is 1.75. The zero-order valence-corrected chi connectivity index (χ0v) is 8.84. The van der Waals surface area contributed by atoms with Crippen molar-refractivity contribution in [2.75, 3.05) is 12.8 Å². The molecule has 0 saturated heterocycles. The van der Waals surface area contributed by atoms with Gasteiger partial charge >= 0.3 is 0 Å². The van der Waals surface area contributed by atoms with E-state index >= 15 is 0 Å². The van der Waals surface area contributed by atoms with Crippen LogP contribution in [0.3, 0.4) is 0 Å². The lowest BCUT2D eigenvalue weighted by atomic mass is 10.3. The van der Waals surface area contributed by atoms with Crippen LogP contribution in [0.4, 0.5) is 5.69 Å². The van der Waals surface area contributed by atoms with Crippen LogP contribution in [0.25, 0.3) is 5.69 Å². The molecule has 0 saturated carbocycles. The molecule has 1 aromatic carbocycles. The molecule has 0 bridgehead atoms. The van der Waals surface area contributed by atoms with E-state index in [0.29, 0.717) is 5.69 Å². The Labute approximate surface area is 92.9 Å². The second kappa shape index (κ2) is 4.06. The van der Waals surface area contributed by atoms with Crippen LogP contribution in [0.1, 0.15) is 10.5 Å². The summed E-state index contributed by atoms with van der Waals surface area (Å²) in [6.07, 6.45) is 1.62. The molecule has 0 aliphatic heterocycles. The maximum atomic E-state index is 11.4. The summed E-state index contributed by atoms with van der Waals surface area (Å²) in [7, 11) is 1.54. The smallest absolute Gasteiger partial charge is 0.273 e. The predicted molar refractivity (Wildman–Crippen MR) is 61.4 cm³/mol. The fourth-order valence-electron chi connectivity index (χ4n) is 1.40. The molecule has 1 heterocycles. The van der Waals surface area contributed by atoms with Gasteiger partial charge in [0.2, 0.25) is 0 Å². The van der Waals surface area contributed by atoms with Crippen molar-refractivity contribution in [3.05, 3.63) is 42.2 Å². The highest BCUT2D eigenvalue weighted by Crippen LogP contribution is 2.13. The van der Waals surface area contributed by atoms with Crippen LogP contribution in [-0.4, -0.2) is 22.7 Å². The molecular weight excluding hydrogens is 204 g/mol. The van der Waals surface area contributed by atoms with E-state index in [9.17, 15) is 4.79 Å². The lowest BCUT2D eigenvalue weighted by Gasteiger charge is -1.99.